The molecule has 0 saturated heterocycles. The van der Waals surface area contributed by atoms with Crippen LogP contribution in [-0.2, 0) is 20.1 Å². The number of hydrogen-bond donors (Lipinski definition) is 1. The van der Waals surface area contributed by atoms with Crippen LogP contribution in [0.25, 0.3) is 11.0 Å². The summed E-state index contributed by atoms with van der Waals surface area (Å²) in [5.41, 5.74) is 5.26. The predicted octanol–water partition coefficient (Wildman–Crippen LogP) is 2.61. The summed E-state index contributed by atoms with van der Waals surface area (Å²) < 4.78 is 1.77. The highest BCUT2D eigenvalue weighted by molar-refractivity contribution is 6.30. The van der Waals surface area contributed by atoms with Gasteiger partial charge in [0.2, 0.25) is 0 Å². The lowest BCUT2D eigenvalue weighted by atomic mass is 10.2. The molecule has 108 valence electrons. The van der Waals surface area contributed by atoms with E-state index in [2.05, 4.69) is 32.7 Å². The molecule has 2 aromatic heterocycles. The number of nitrogens with one attached hydrogen (secondary N) is 1. The van der Waals surface area contributed by atoms with E-state index < -0.39 is 0 Å². The maximum absolute atomic E-state index is 5.92. The van der Waals surface area contributed by atoms with Crippen LogP contribution in [0.2, 0.25) is 5.15 Å². The van der Waals surface area contributed by atoms with Crippen molar-refractivity contribution in [2.45, 2.75) is 20.0 Å². The van der Waals surface area contributed by atoms with Crippen molar-refractivity contribution in [3.8, 4) is 0 Å². The van der Waals surface area contributed by atoms with Crippen LogP contribution in [-0.4, -0.2) is 20.0 Å². The molecule has 3 aromatic rings. The standard InChI is InChI=1S/C15H16ClN5/c1-10-5-12(9-18-15(10)16)8-17-7-11-3-4-14-13(6-11)19-20-21(14)2/h3-6,9,17H,7-8H2,1-2H3. The quantitative estimate of drug-likeness (QED) is 0.753. The second-order valence-corrected chi connectivity index (χ2v) is 5.45. The fourth-order valence-electron chi connectivity index (χ4n) is 2.26. The van der Waals surface area contributed by atoms with E-state index in [1.54, 1.807) is 10.9 Å². The first-order valence-electron chi connectivity index (χ1n) is 6.73. The van der Waals surface area contributed by atoms with Crippen LogP contribution >= 0.6 is 11.6 Å². The molecule has 0 amide bonds. The van der Waals surface area contributed by atoms with Crippen molar-refractivity contribution >= 4 is 22.6 Å². The Bertz CT molecular complexity index is 781. The van der Waals surface area contributed by atoms with Gasteiger partial charge in [-0.2, -0.15) is 0 Å². The molecule has 5 nitrogen and oxygen atoms in total. The van der Waals surface area contributed by atoms with Crippen molar-refractivity contribution in [1.82, 2.24) is 25.3 Å². The molecule has 0 spiro atoms. The molecular weight excluding hydrogens is 286 g/mol. The topological polar surface area (TPSA) is 55.6 Å². The molecule has 0 unspecified atom stereocenters. The third-order valence-corrected chi connectivity index (χ3v) is 3.80. The Kier molecular flexibility index (Phi) is 3.86. The van der Waals surface area contributed by atoms with Crippen LogP contribution in [0.4, 0.5) is 0 Å². The van der Waals surface area contributed by atoms with Crippen molar-refractivity contribution in [1.29, 1.82) is 0 Å². The van der Waals surface area contributed by atoms with Crippen molar-refractivity contribution in [3.05, 3.63) is 52.3 Å². The van der Waals surface area contributed by atoms with Gasteiger partial charge in [0.15, 0.2) is 0 Å². The Morgan fingerprint density at radius 2 is 2.00 bits per heavy atom. The van der Waals surface area contributed by atoms with Crippen LogP contribution in [0.1, 0.15) is 16.7 Å². The van der Waals surface area contributed by atoms with Crippen LogP contribution in [0, 0.1) is 6.92 Å². The van der Waals surface area contributed by atoms with Crippen LogP contribution in [0.5, 0.6) is 0 Å². The van der Waals surface area contributed by atoms with Gasteiger partial charge in [-0.15, -0.1) is 5.10 Å². The fourth-order valence-corrected chi connectivity index (χ4v) is 2.36. The zero-order valence-corrected chi connectivity index (χ0v) is 12.7. The molecule has 0 fully saturated rings. The molecule has 1 N–H and O–H groups in total. The average Bonchev–Trinajstić information content (AvgIpc) is 2.84. The number of rotatable bonds is 4. The van der Waals surface area contributed by atoms with Crippen LogP contribution in [0.15, 0.2) is 30.5 Å². The summed E-state index contributed by atoms with van der Waals surface area (Å²) in [4.78, 5) is 4.15. The molecular formula is C15H16ClN5. The molecule has 0 radical (unpaired) electrons. The summed E-state index contributed by atoms with van der Waals surface area (Å²) in [6.07, 6.45) is 1.80. The minimum absolute atomic E-state index is 0.562. The Balaban J connectivity index is 1.64. The Morgan fingerprint density at radius 3 is 2.81 bits per heavy atom. The number of aromatic nitrogens is 4. The average molecular weight is 302 g/mol. The van der Waals surface area contributed by atoms with Gasteiger partial charge >= 0.3 is 0 Å². The molecule has 6 heteroatoms. The van der Waals surface area contributed by atoms with Gasteiger partial charge < -0.3 is 5.32 Å². The summed E-state index contributed by atoms with van der Waals surface area (Å²) in [7, 11) is 1.89. The van der Waals surface area contributed by atoms with Crippen molar-refractivity contribution in [2.75, 3.05) is 0 Å². The van der Waals surface area contributed by atoms with E-state index in [0.29, 0.717) is 5.15 Å². The van der Waals surface area contributed by atoms with E-state index in [4.69, 9.17) is 11.6 Å². The molecule has 1 aromatic carbocycles. The minimum Gasteiger partial charge on any atom is -0.309 e. The van der Waals surface area contributed by atoms with Crippen LogP contribution in [0.3, 0.4) is 0 Å². The lowest BCUT2D eigenvalue weighted by Gasteiger charge is -2.06. The number of halogens is 1. The Hall–Kier alpha value is -1.98. The van der Waals surface area contributed by atoms with Crippen molar-refractivity contribution < 1.29 is 0 Å². The maximum Gasteiger partial charge on any atom is 0.131 e. The highest BCUT2D eigenvalue weighted by atomic mass is 35.5. The molecule has 0 aliphatic rings. The third kappa shape index (κ3) is 3.04. The number of aryl methyl sites for hydroxylation is 2. The lowest BCUT2D eigenvalue weighted by molar-refractivity contribution is 0.691. The van der Waals surface area contributed by atoms with E-state index in [1.807, 2.05) is 26.1 Å². The lowest BCUT2D eigenvalue weighted by Crippen LogP contribution is -2.13. The second kappa shape index (κ2) is 5.79. The summed E-state index contributed by atoms with van der Waals surface area (Å²) in [6, 6.07) is 8.24. The predicted molar refractivity (Wildman–Crippen MR) is 83.0 cm³/mol. The first-order chi connectivity index (χ1) is 10.1. The molecule has 2 heterocycles. The molecule has 0 aliphatic carbocycles. The summed E-state index contributed by atoms with van der Waals surface area (Å²) in [6.45, 7) is 3.48. The van der Waals surface area contributed by atoms with Gasteiger partial charge in [0.1, 0.15) is 10.7 Å². The summed E-state index contributed by atoms with van der Waals surface area (Å²) in [5.74, 6) is 0. The third-order valence-electron chi connectivity index (χ3n) is 3.40. The van der Waals surface area contributed by atoms with E-state index in [-0.39, 0.29) is 0 Å². The molecule has 0 atom stereocenters. The fraction of sp³-hybridized carbons (Fsp3) is 0.267. The monoisotopic (exact) mass is 301 g/mol. The Morgan fingerprint density at radius 1 is 1.19 bits per heavy atom. The van der Waals surface area contributed by atoms with E-state index in [0.717, 1.165) is 35.2 Å². The number of hydrogen-bond acceptors (Lipinski definition) is 4. The first-order valence-corrected chi connectivity index (χ1v) is 7.11. The van der Waals surface area contributed by atoms with E-state index in [9.17, 15) is 0 Å². The molecule has 0 bridgehead atoms. The van der Waals surface area contributed by atoms with Gasteiger partial charge in [-0.3, -0.25) is 0 Å². The SMILES string of the molecule is Cc1cc(CNCc2ccc3c(c2)nnn3C)cnc1Cl. The van der Waals surface area contributed by atoms with Gasteiger partial charge in [0, 0.05) is 26.3 Å². The molecule has 21 heavy (non-hydrogen) atoms. The molecule has 0 saturated carbocycles. The normalized spacial score (nSPS) is 11.2. The Labute approximate surface area is 127 Å². The largest absolute Gasteiger partial charge is 0.309 e. The smallest absolute Gasteiger partial charge is 0.131 e. The molecule has 3 rings (SSSR count). The van der Waals surface area contributed by atoms with E-state index in [1.165, 1.54) is 5.56 Å². The number of nitrogens with zero attached hydrogens (tertiary/aromatic N) is 4. The van der Waals surface area contributed by atoms with E-state index >= 15 is 0 Å². The highest BCUT2D eigenvalue weighted by Crippen LogP contribution is 2.14. The van der Waals surface area contributed by atoms with Gasteiger partial charge in [-0.25, -0.2) is 9.67 Å². The van der Waals surface area contributed by atoms with Crippen molar-refractivity contribution in [3.63, 3.8) is 0 Å². The van der Waals surface area contributed by atoms with Crippen LogP contribution < -0.4 is 5.32 Å². The van der Waals surface area contributed by atoms with Gasteiger partial charge in [-0.05, 0) is 35.7 Å². The maximum atomic E-state index is 5.92. The second-order valence-electron chi connectivity index (χ2n) is 5.09. The summed E-state index contributed by atoms with van der Waals surface area (Å²) >= 11 is 5.92. The minimum atomic E-state index is 0.562. The van der Waals surface area contributed by atoms with Gasteiger partial charge in [0.05, 0.1) is 5.52 Å². The van der Waals surface area contributed by atoms with Crippen molar-refractivity contribution in [2.24, 2.45) is 7.05 Å². The number of pyridine rings is 1. The molecule has 0 aliphatic heterocycles. The summed E-state index contributed by atoms with van der Waals surface area (Å²) in [5, 5.41) is 12.1. The van der Waals surface area contributed by atoms with Gasteiger partial charge in [-0.1, -0.05) is 28.9 Å². The number of fused-ring (bicyclic) bond motifs is 1. The zero-order chi connectivity index (χ0) is 14.8. The van der Waals surface area contributed by atoms with Gasteiger partial charge in [0.25, 0.3) is 0 Å². The first kappa shape index (κ1) is 14.0. The highest BCUT2D eigenvalue weighted by Gasteiger charge is 2.03. The number of benzene rings is 1. The zero-order valence-electron chi connectivity index (χ0n) is 12.0.